The van der Waals surface area contributed by atoms with Crippen LogP contribution in [0.25, 0.3) is 0 Å². The molecule has 0 aromatic heterocycles. The highest BCUT2D eigenvalue weighted by atomic mass is 35.5. The molecular weight excluding hydrogens is 445 g/mol. The van der Waals surface area contributed by atoms with Crippen LogP contribution in [0.4, 0.5) is 5.69 Å². The molecule has 5 nitrogen and oxygen atoms in total. The average molecular weight is 474 g/mol. The van der Waals surface area contributed by atoms with E-state index in [1.807, 2.05) is 71.6 Å². The maximum absolute atomic E-state index is 13.8. The van der Waals surface area contributed by atoms with E-state index in [1.165, 1.54) is 5.56 Å². The van der Waals surface area contributed by atoms with Gasteiger partial charge in [0.25, 0.3) is 5.91 Å². The molecule has 0 bridgehead atoms. The molecule has 0 radical (unpaired) electrons. The number of hydrogen-bond donors (Lipinski definition) is 2. The van der Waals surface area contributed by atoms with Crippen molar-refractivity contribution < 1.29 is 9.53 Å². The Kier molecular flexibility index (Phi) is 10.0. The first kappa shape index (κ1) is 25.7. The van der Waals surface area contributed by atoms with Crippen molar-refractivity contribution in [1.82, 2.24) is 10.6 Å². The molecule has 0 spiro atoms. The summed E-state index contributed by atoms with van der Waals surface area (Å²) in [4.78, 5) is 15.7. The van der Waals surface area contributed by atoms with Crippen LogP contribution < -0.4 is 20.3 Å². The van der Waals surface area contributed by atoms with Crippen LogP contribution in [0.3, 0.4) is 0 Å². The molecule has 1 fully saturated rings. The van der Waals surface area contributed by atoms with Gasteiger partial charge in [-0.05, 0) is 47.9 Å². The normalized spacial score (nSPS) is 15.1. The number of ether oxygens (including phenoxy) is 1. The molecule has 32 heavy (non-hydrogen) atoms. The zero-order valence-electron chi connectivity index (χ0n) is 18.0. The molecule has 7 heteroatoms. The minimum Gasteiger partial charge on any atom is -0.497 e. The Bertz CT molecular complexity index is 978. The second-order valence-electron chi connectivity index (χ2n) is 7.37. The van der Waals surface area contributed by atoms with Crippen molar-refractivity contribution in [3.63, 3.8) is 0 Å². The van der Waals surface area contributed by atoms with E-state index in [0.717, 1.165) is 42.1 Å². The zero-order valence-corrected chi connectivity index (χ0v) is 19.6. The van der Waals surface area contributed by atoms with Gasteiger partial charge in [-0.25, -0.2) is 0 Å². The summed E-state index contributed by atoms with van der Waals surface area (Å²) in [7, 11) is 1.64. The van der Waals surface area contributed by atoms with E-state index in [-0.39, 0.29) is 36.9 Å². The van der Waals surface area contributed by atoms with Gasteiger partial charge in [0, 0.05) is 30.9 Å². The highest BCUT2D eigenvalue weighted by Crippen LogP contribution is 2.25. The molecule has 2 N–H and O–H groups in total. The second-order valence-corrected chi connectivity index (χ2v) is 7.37. The van der Waals surface area contributed by atoms with Gasteiger partial charge in [-0.1, -0.05) is 48.5 Å². The van der Waals surface area contributed by atoms with Gasteiger partial charge >= 0.3 is 0 Å². The second kappa shape index (κ2) is 12.5. The van der Waals surface area contributed by atoms with Gasteiger partial charge in [0.2, 0.25) is 0 Å². The van der Waals surface area contributed by atoms with E-state index in [4.69, 9.17) is 4.74 Å². The topological polar surface area (TPSA) is 53.6 Å². The van der Waals surface area contributed by atoms with E-state index in [0.29, 0.717) is 6.54 Å². The lowest BCUT2D eigenvalue weighted by Gasteiger charge is -2.36. The molecule has 1 atom stereocenters. The van der Waals surface area contributed by atoms with E-state index in [9.17, 15) is 4.79 Å². The SMILES string of the molecule is COc1ccc(N(C(=O)c2ccccc2Cc2ccccc2)C2CNCCN2)cc1.Cl.Cl. The van der Waals surface area contributed by atoms with Crippen LogP contribution in [-0.4, -0.2) is 38.8 Å². The number of piperazine rings is 1. The van der Waals surface area contributed by atoms with Crippen molar-refractivity contribution in [3.05, 3.63) is 95.6 Å². The summed E-state index contributed by atoms with van der Waals surface area (Å²) in [6, 6.07) is 25.8. The van der Waals surface area contributed by atoms with Crippen molar-refractivity contribution in [2.45, 2.75) is 12.6 Å². The molecular formula is C25H29Cl2N3O2. The van der Waals surface area contributed by atoms with Crippen LogP contribution in [-0.2, 0) is 6.42 Å². The number of rotatable bonds is 6. The van der Waals surface area contributed by atoms with Crippen molar-refractivity contribution in [2.75, 3.05) is 31.6 Å². The van der Waals surface area contributed by atoms with Crippen LogP contribution in [0, 0.1) is 0 Å². The molecule has 3 aromatic rings. The summed E-state index contributed by atoms with van der Waals surface area (Å²) in [5.41, 5.74) is 3.78. The van der Waals surface area contributed by atoms with Crippen LogP contribution in [0.2, 0.25) is 0 Å². The predicted molar refractivity (Wildman–Crippen MR) is 135 cm³/mol. The Labute approximate surface area is 202 Å². The minimum atomic E-state index is -0.121. The number of amides is 1. The van der Waals surface area contributed by atoms with Gasteiger partial charge in [-0.3, -0.25) is 15.0 Å². The lowest BCUT2D eigenvalue weighted by atomic mass is 9.98. The molecule has 1 amide bonds. The van der Waals surface area contributed by atoms with E-state index < -0.39 is 0 Å². The Morgan fingerprint density at radius 1 is 0.938 bits per heavy atom. The van der Waals surface area contributed by atoms with Crippen LogP contribution >= 0.6 is 24.8 Å². The summed E-state index contributed by atoms with van der Waals surface area (Å²) in [6.45, 7) is 2.40. The summed E-state index contributed by atoms with van der Waals surface area (Å²) in [5.74, 6) is 0.762. The Hall–Kier alpha value is -2.57. The number of methoxy groups -OCH3 is 1. The molecule has 1 aliphatic heterocycles. The number of carbonyl (C=O) groups is 1. The zero-order chi connectivity index (χ0) is 20.8. The fourth-order valence-corrected chi connectivity index (χ4v) is 3.83. The lowest BCUT2D eigenvalue weighted by Crippen LogP contribution is -2.59. The van der Waals surface area contributed by atoms with Gasteiger partial charge in [0.05, 0.1) is 7.11 Å². The molecule has 0 saturated carbocycles. The standard InChI is InChI=1S/C25H27N3O2.2ClH/c1-30-22-13-11-21(12-14-22)28(24-18-26-15-16-27-24)25(29)23-10-6-5-9-20(23)17-19-7-3-2-4-8-19;;/h2-14,24,26-27H,15-18H2,1H3;2*1H. The molecule has 1 unspecified atom stereocenters. The third-order valence-electron chi connectivity index (χ3n) is 5.39. The van der Waals surface area contributed by atoms with Crippen molar-refractivity contribution in [3.8, 4) is 5.75 Å². The van der Waals surface area contributed by atoms with Gasteiger partial charge < -0.3 is 10.1 Å². The number of hydrogen-bond acceptors (Lipinski definition) is 4. The molecule has 1 aliphatic rings. The van der Waals surface area contributed by atoms with Crippen molar-refractivity contribution in [2.24, 2.45) is 0 Å². The first-order valence-electron chi connectivity index (χ1n) is 10.3. The molecule has 3 aromatic carbocycles. The van der Waals surface area contributed by atoms with Crippen LogP contribution in [0.5, 0.6) is 5.75 Å². The van der Waals surface area contributed by atoms with Gasteiger partial charge in [0.1, 0.15) is 11.9 Å². The monoisotopic (exact) mass is 473 g/mol. The fourth-order valence-electron chi connectivity index (χ4n) is 3.83. The third kappa shape index (κ3) is 6.02. The first-order chi connectivity index (χ1) is 14.8. The van der Waals surface area contributed by atoms with Gasteiger partial charge in [-0.15, -0.1) is 24.8 Å². The summed E-state index contributed by atoms with van der Waals surface area (Å²) in [6.07, 6.45) is 0.597. The van der Waals surface area contributed by atoms with Crippen molar-refractivity contribution in [1.29, 1.82) is 0 Å². The number of nitrogens with zero attached hydrogens (tertiary/aromatic N) is 1. The fraction of sp³-hybridized carbons (Fsp3) is 0.240. The van der Waals surface area contributed by atoms with Gasteiger partial charge in [0.15, 0.2) is 0 Å². The number of halogens is 2. The third-order valence-corrected chi connectivity index (χ3v) is 5.39. The summed E-state index contributed by atoms with van der Waals surface area (Å²) >= 11 is 0. The minimum absolute atomic E-state index is 0. The largest absolute Gasteiger partial charge is 0.497 e. The summed E-state index contributed by atoms with van der Waals surface area (Å²) in [5, 5.41) is 6.86. The van der Waals surface area contributed by atoms with Crippen molar-refractivity contribution >= 4 is 36.4 Å². The summed E-state index contributed by atoms with van der Waals surface area (Å²) < 4.78 is 5.29. The Balaban J connectivity index is 0.00000181. The maximum atomic E-state index is 13.8. The molecule has 1 saturated heterocycles. The lowest BCUT2D eigenvalue weighted by molar-refractivity contribution is 0.0968. The van der Waals surface area contributed by atoms with Gasteiger partial charge in [-0.2, -0.15) is 0 Å². The van der Waals surface area contributed by atoms with E-state index in [2.05, 4.69) is 22.8 Å². The predicted octanol–water partition coefficient (Wildman–Crippen LogP) is 4.30. The number of carbonyl (C=O) groups excluding carboxylic acids is 1. The molecule has 4 rings (SSSR count). The Morgan fingerprint density at radius 2 is 1.62 bits per heavy atom. The first-order valence-corrected chi connectivity index (χ1v) is 10.3. The number of nitrogens with one attached hydrogen (secondary N) is 2. The number of benzene rings is 3. The number of anilines is 1. The molecule has 1 heterocycles. The molecule has 170 valence electrons. The highest BCUT2D eigenvalue weighted by Gasteiger charge is 2.28. The quantitative estimate of drug-likeness (QED) is 0.560. The smallest absolute Gasteiger partial charge is 0.259 e. The van der Waals surface area contributed by atoms with E-state index >= 15 is 0 Å². The Morgan fingerprint density at radius 3 is 2.28 bits per heavy atom. The van der Waals surface area contributed by atoms with E-state index in [1.54, 1.807) is 7.11 Å². The van der Waals surface area contributed by atoms with Crippen LogP contribution in [0.15, 0.2) is 78.9 Å². The highest BCUT2D eigenvalue weighted by molar-refractivity contribution is 6.07. The average Bonchev–Trinajstić information content (AvgIpc) is 2.81. The molecule has 0 aliphatic carbocycles. The maximum Gasteiger partial charge on any atom is 0.259 e. The van der Waals surface area contributed by atoms with Crippen LogP contribution in [0.1, 0.15) is 21.5 Å².